The Kier molecular flexibility index (Phi) is 6.89. The lowest BCUT2D eigenvalue weighted by atomic mass is 9.94. The highest BCUT2D eigenvalue weighted by Crippen LogP contribution is 2.44. The molecular formula is C30H27NO8. The quantitative estimate of drug-likeness (QED) is 0.278. The average molecular weight is 530 g/mol. The molecule has 0 saturated heterocycles. The van der Waals surface area contributed by atoms with E-state index < -0.39 is 23.5 Å². The molecule has 1 aromatic heterocycles. The standard InChI is InChI=1S/C30H27NO8/c1-5-38-23-15-17(9-14-21(23)36-3)26-25(27(32)24-16-18-7-6-8-22(37-4)29(18)39-24)28(33)30(34)31(26)19-10-12-20(35-2)13-11-19/h6-16,26,33H,5H2,1-4H3. The molecule has 0 bridgehead atoms. The number of rotatable bonds is 9. The summed E-state index contributed by atoms with van der Waals surface area (Å²) < 4.78 is 27.7. The number of aliphatic hydroxyl groups excluding tert-OH is 1. The molecule has 4 aromatic rings. The van der Waals surface area contributed by atoms with E-state index in [0.29, 0.717) is 51.8 Å². The van der Waals surface area contributed by atoms with Crippen LogP contribution in [0.1, 0.15) is 29.1 Å². The van der Waals surface area contributed by atoms with E-state index in [1.807, 2.05) is 6.92 Å². The zero-order chi connectivity index (χ0) is 27.7. The Bertz CT molecular complexity index is 1580. The van der Waals surface area contributed by atoms with Crippen molar-refractivity contribution < 1.29 is 38.1 Å². The van der Waals surface area contributed by atoms with Crippen molar-refractivity contribution in [2.75, 3.05) is 32.8 Å². The summed E-state index contributed by atoms with van der Waals surface area (Å²) in [4.78, 5) is 28.8. The Balaban J connectivity index is 1.67. The summed E-state index contributed by atoms with van der Waals surface area (Å²) >= 11 is 0. The molecule has 1 atom stereocenters. The van der Waals surface area contributed by atoms with Crippen LogP contribution in [0.3, 0.4) is 0 Å². The number of carbonyl (C=O) groups is 2. The van der Waals surface area contributed by atoms with Crippen LogP contribution in [0.15, 0.2) is 82.5 Å². The van der Waals surface area contributed by atoms with Gasteiger partial charge in [-0.05, 0) is 61.0 Å². The van der Waals surface area contributed by atoms with Gasteiger partial charge in [0.25, 0.3) is 5.91 Å². The molecule has 0 aliphatic carbocycles. The molecule has 5 rings (SSSR count). The Hall–Kier alpha value is -4.92. The van der Waals surface area contributed by atoms with Gasteiger partial charge in [0.1, 0.15) is 5.75 Å². The molecule has 200 valence electrons. The monoisotopic (exact) mass is 529 g/mol. The third-order valence-electron chi connectivity index (χ3n) is 6.56. The maximum absolute atomic E-state index is 14.0. The molecule has 9 nitrogen and oxygen atoms in total. The van der Waals surface area contributed by atoms with Crippen molar-refractivity contribution in [1.82, 2.24) is 0 Å². The van der Waals surface area contributed by atoms with E-state index in [9.17, 15) is 14.7 Å². The van der Waals surface area contributed by atoms with E-state index in [0.717, 1.165) is 0 Å². The number of carbonyl (C=O) groups excluding carboxylic acids is 2. The van der Waals surface area contributed by atoms with Crippen molar-refractivity contribution in [3.63, 3.8) is 0 Å². The summed E-state index contributed by atoms with van der Waals surface area (Å²) in [6.45, 7) is 2.21. The number of fused-ring (bicyclic) bond motifs is 1. The Morgan fingerprint density at radius 1 is 0.923 bits per heavy atom. The number of amides is 1. The smallest absolute Gasteiger partial charge is 0.294 e. The number of aliphatic hydroxyl groups is 1. The number of ketones is 1. The molecular weight excluding hydrogens is 502 g/mol. The molecule has 3 aromatic carbocycles. The van der Waals surface area contributed by atoms with Gasteiger partial charge in [0.05, 0.1) is 39.6 Å². The Morgan fingerprint density at radius 3 is 2.33 bits per heavy atom. The van der Waals surface area contributed by atoms with Crippen LogP contribution in [0, 0.1) is 0 Å². The molecule has 39 heavy (non-hydrogen) atoms. The van der Waals surface area contributed by atoms with Gasteiger partial charge in [0.15, 0.2) is 34.4 Å². The molecule has 1 N–H and O–H groups in total. The lowest BCUT2D eigenvalue weighted by Gasteiger charge is -2.27. The minimum Gasteiger partial charge on any atom is -0.503 e. The molecule has 0 fully saturated rings. The normalized spacial score (nSPS) is 15.1. The number of para-hydroxylation sites is 1. The van der Waals surface area contributed by atoms with Gasteiger partial charge in [-0.15, -0.1) is 0 Å². The number of benzene rings is 3. The fourth-order valence-electron chi connectivity index (χ4n) is 4.74. The van der Waals surface area contributed by atoms with Crippen LogP contribution in [0.4, 0.5) is 5.69 Å². The summed E-state index contributed by atoms with van der Waals surface area (Å²) in [7, 11) is 4.57. The second-order valence-electron chi connectivity index (χ2n) is 8.70. The fraction of sp³-hybridized carbons (Fsp3) is 0.200. The molecule has 0 saturated carbocycles. The van der Waals surface area contributed by atoms with Gasteiger partial charge >= 0.3 is 0 Å². The number of nitrogens with zero attached hydrogens (tertiary/aromatic N) is 1. The van der Waals surface area contributed by atoms with Crippen LogP contribution >= 0.6 is 0 Å². The van der Waals surface area contributed by atoms with Gasteiger partial charge in [-0.2, -0.15) is 0 Å². The van der Waals surface area contributed by atoms with Crippen LogP contribution in [0.2, 0.25) is 0 Å². The number of methoxy groups -OCH3 is 3. The first kappa shape index (κ1) is 25.7. The minimum absolute atomic E-state index is 0.0380. The molecule has 1 amide bonds. The fourth-order valence-corrected chi connectivity index (χ4v) is 4.74. The minimum atomic E-state index is -0.987. The molecule has 2 heterocycles. The van der Waals surface area contributed by atoms with E-state index in [1.165, 1.54) is 26.2 Å². The first-order chi connectivity index (χ1) is 18.9. The Labute approximate surface area is 224 Å². The van der Waals surface area contributed by atoms with Crippen LogP contribution < -0.4 is 23.8 Å². The highest BCUT2D eigenvalue weighted by atomic mass is 16.5. The maximum atomic E-state index is 14.0. The summed E-state index contributed by atoms with van der Waals surface area (Å²) in [5, 5.41) is 11.8. The van der Waals surface area contributed by atoms with Crippen LogP contribution in [-0.2, 0) is 4.79 Å². The molecule has 1 aliphatic rings. The molecule has 1 aliphatic heterocycles. The largest absolute Gasteiger partial charge is 0.503 e. The lowest BCUT2D eigenvalue weighted by molar-refractivity contribution is -0.117. The lowest BCUT2D eigenvalue weighted by Crippen LogP contribution is -2.31. The maximum Gasteiger partial charge on any atom is 0.294 e. The molecule has 9 heteroatoms. The van der Waals surface area contributed by atoms with Crippen molar-refractivity contribution in [3.8, 4) is 23.0 Å². The highest BCUT2D eigenvalue weighted by Gasteiger charge is 2.45. The van der Waals surface area contributed by atoms with Gasteiger partial charge in [0.2, 0.25) is 5.78 Å². The average Bonchev–Trinajstić information content (AvgIpc) is 3.52. The van der Waals surface area contributed by atoms with Gasteiger partial charge in [0, 0.05) is 11.1 Å². The van der Waals surface area contributed by atoms with E-state index >= 15 is 0 Å². The van der Waals surface area contributed by atoms with Crippen LogP contribution in [0.5, 0.6) is 23.0 Å². The zero-order valence-corrected chi connectivity index (χ0v) is 21.9. The number of ether oxygens (including phenoxy) is 4. The number of hydrogen-bond donors (Lipinski definition) is 1. The number of Topliss-reactive ketones (excluding diaryl/α,β-unsaturated/α-hetero) is 1. The summed E-state index contributed by atoms with van der Waals surface area (Å²) in [5.74, 6) is -0.0801. The van der Waals surface area contributed by atoms with Gasteiger partial charge < -0.3 is 28.5 Å². The van der Waals surface area contributed by atoms with Crippen molar-refractivity contribution in [2.45, 2.75) is 13.0 Å². The number of anilines is 1. The summed E-state index contributed by atoms with van der Waals surface area (Å²) in [6, 6.07) is 17.7. The van der Waals surface area contributed by atoms with Crippen LogP contribution in [0.25, 0.3) is 11.0 Å². The van der Waals surface area contributed by atoms with Crippen molar-refractivity contribution >= 4 is 28.3 Å². The molecule has 1 unspecified atom stereocenters. The van der Waals surface area contributed by atoms with Gasteiger partial charge in [-0.1, -0.05) is 18.2 Å². The van der Waals surface area contributed by atoms with Gasteiger partial charge in [-0.3, -0.25) is 14.5 Å². The predicted molar refractivity (Wildman–Crippen MR) is 144 cm³/mol. The van der Waals surface area contributed by atoms with E-state index in [4.69, 9.17) is 23.4 Å². The Morgan fingerprint density at radius 2 is 1.67 bits per heavy atom. The van der Waals surface area contributed by atoms with Gasteiger partial charge in [-0.25, -0.2) is 0 Å². The number of hydrogen-bond acceptors (Lipinski definition) is 8. The second kappa shape index (κ2) is 10.4. The highest BCUT2D eigenvalue weighted by molar-refractivity contribution is 6.20. The topological polar surface area (TPSA) is 108 Å². The SMILES string of the molecule is CCOc1cc(C2C(C(=O)c3cc4cccc(OC)c4o3)=C(O)C(=O)N2c2ccc(OC)cc2)ccc1OC. The first-order valence-corrected chi connectivity index (χ1v) is 12.2. The second-order valence-corrected chi connectivity index (χ2v) is 8.70. The summed E-state index contributed by atoms with van der Waals surface area (Å²) in [5.41, 5.74) is 1.26. The summed E-state index contributed by atoms with van der Waals surface area (Å²) in [6.07, 6.45) is 0. The first-order valence-electron chi connectivity index (χ1n) is 12.2. The van der Waals surface area contributed by atoms with E-state index in [1.54, 1.807) is 66.7 Å². The molecule has 0 radical (unpaired) electrons. The number of furan rings is 1. The van der Waals surface area contributed by atoms with E-state index in [-0.39, 0.29) is 11.3 Å². The molecule has 0 spiro atoms. The van der Waals surface area contributed by atoms with Crippen molar-refractivity contribution in [3.05, 3.63) is 89.4 Å². The van der Waals surface area contributed by atoms with E-state index in [2.05, 4.69) is 0 Å². The third-order valence-corrected chi connectivity index (χ3v) is 6.56. The third kappa shape index (κ3) is 4.41. The predicted octanol–water partition coefficient (Wildman–Crippen LogP) is 5.64. The van der Waals surface area contributed by atoms with Crippen molar-refractivity contribution in [1.29, 1.82) is 0 Å². The zero-order valence-electron chi connectivity index (χ0n) is 21.9. The van der Waals surface area contributed by atoms with Crippen LogP contribution in [-0.4, -0.2) is 44.7 Å². The van der Waals surface area contributed by atoms with Crippen molar-refractivity contribution in [2.24, 2.45) is 0 Å².